The van der Waals surface area contributed by atoms with Gasteiger partial charge in [0.15, 0.2) is 0 Å². The van der Waals surface area contributed by atoms with E-state index in [0.717, 1.165) is 51.4 Å². The summed E-state index contributed by atoms with van der Waals surface area (Å²) in [6, 6.07) is -0.825. The van der Waals surface area contributed by atoms with Crippen LogP contribution in [-0.4, -0.2) is 46.1 Å². The van der Waals surface area contributed by atoms with Crippen LogP contribution < -0.4 is 5.32 Å². The van der Waals surface area contributed by atoms with Crippen molar-refractivity contribution in [1.29, 1.82) is 0 Å². The Hall–Kier alpha value is -1.43. The van der Waals surface area contributed by atoms with Gasteiger partial charge in [0.05, 0.1) is 18.8 Å². The Bertz CT molecular complexity index is 855. The molecule has 4 N–H and O–H groups in total. The Kier molecular flexibility index (Phi) is 44.1. The van der Waals surface area contributed by atoms with E-state index < -0.39 is 18.2 Å². The maximum Gasteiger partial charge on any atom is 0.220 e. The number of allylic oxidation sites excluding steroid dienone is 6. The highest BCUT2D eigenvalue weighted by Gasteiger charge is 2.26. The third kappa shape index (κ3) is 40.6. The van der Waals surface area contributed by atoms with Crippen molar-refractivity contribution >= 4 is 5.91 Å². The molecular weight excluding hydrogens is 679 g/mol. The Morgan fingerprint density at radius 2 is 0.836 bits per heavy atom. The minimum absolute atomic E-state index is 0.153. The average molecular weight is 774 g/mol. The topological polar surface area (TPSA) is 89.8 Å². The molecule has 0 aromatic rings. The second kappa shape index (κ2) is 45.3. The first kappa shape index (κ1) is 53.6. The Morgan fingerprint density at radius 1 is 0.473 bits per heavy atom. The van der Waals surface area contributed by atoms with Crippen molar-refractivity contribution in [3.63, 3.8) is 0 Å². The van der Waals surface area contributed by atoms with Gasteiger partial charge in [-0.1, -0.05) is 217 Å². The van der Waals surface area contributed by atoms with Gasteiger partial charge in [0.25, 0.3) is 0 Å². The van der Waals surface area contributed by atoms with Gasteiger partial charge in [-0.15, -0.1) is 0 Å². The standard InChI is InChI=1S/C50H95NO4/c1-3-5-7-9-11-13-15-17-19-21-23-25-27-29-31-33-35-37-39-41-43-45-49(54)51-47(46-52)50(55)48(53)44-42-40-38-36-34-32-30-28-26-24-22-20-18-16-14-12-10-8-6-4-2/h5,7,11,13,36,38,47-48,50,52-53,55H,3-4,6,8-10,12,14-35,37,39-46H2,1-2H3,(H,51,54)/b7-5-,13-11-,38-36+. The molecular formula is C50H95NO4. The van der Waals surface area contributed by atoms with Crippen LogP contribution in [0.4, 0.5) is 0 Å². The van der Waals surface area contributed by atoms with Crippen LogP contribution in [0.3, 0.4) is 0 Å². The first-order valence-electron chi connectivity index (χ1n) is 24.3. The molecule has 0 saturated heterocycles. The molecule has 0 aliphatic heterocycles. The highest BCUT2D eigenvalue weighted by atomic mass is 16.3. The molecule has 0 fully saturated rings. The van der Waals surface area contributed by atoms with Crippen molar-refractivity contribution in [2.75, 3.05) is 6.61 Å². The lowest BCUT2D eigenvalue weighted by Crippen LogP contribution is -2.50. The third-order valence-corrected chi connectivity index (χ3v) is 11.2. The number of carbonyl (C=O) groups excluding carboxylic acids is 1. The Balaban J connectivity index is 3.61. The smallest absolute Gasteiger partial charge is 0.220 e. The van der Waals surface area contributed by atoms with E-state index in [9.17, 15) is 20.1 Å². The number of hydrogen-bond acceptors (Lipinski definition) is 4. The second-order valence-electron chi connectivity index (χ2n) is 16.6. The predicted octanol–water partition coefficient (Wildman–Crippen LogP) is 14.3. The van der Waals surface area contributed by atoms with Crippen LogP contribution in [0.1, 0.15) is 251 Å². The molecule has 0 radical (unpaired) electrons. The summed E-state index contributed by atoms with van der Waals surface area (Å²) in [5, 5.41) is 33.6. The fraction of sp³-hybridized carbons (Fsp3) is 0.860. The minimum Gasteiger partial charge on any atom is -0.394 e. The lowest BCUT2D eigenvalue weighted by Gasteiger charge is -2.26. The van der Waals surface area contributed by atoms with E-state index in [-0.39, 0.29) is 12.5 Å². The SMILES string of the molecule is CC/C=C\C/C=C\CCCCCCCCCCCCCCCCC(=O)NC(CO)C(O)C(O)CCC/C=C/CCCCCCCCCCCCCCCCC. The van der Waals surface area contributed by atoms with Gasteiger partial charge in [-0.05, 0) is 64.2 Å². The van der Waals surface area contributed by atoms with Crippen molar-refractivity contribution in [3.8, 4) is 0 Å². The number of unbranched alkanes of at least 4 members (excludes halogenated alkanes) is 30. The first-order chi connectivity index (χ1) is 27.1. The molecule has 0 spiro atoms. The molecule has 5 nitrogen and oxygen atoms in total. The molecule has 3 unspecified atom stereocenters. The van der Waals surface area contributed by atoms with Gasteiger partial charge in [-0.2, -0.15) is 0 Å². The van der Waals surface area contributed by atoms with Gasteiger partial charge in [0.1, 0.15) is 6.10 Å². The van der Waals surface area contributed by atoms with Gasteiger partial charge in [-0.3, -0.25) is 4.79 Å². The van der Waals surface area contributed by atoms with Crippen LogP contribution in [0, 0.1) is 0 Å². The summed E-state index contributed by atoms with van der Waals surface area (Å²) in [6.45, 7) is 4.08. The number of aliphatic hydroxyl groups is 3. The zero-order valence-corrected chi connectivity index (χ0v) is 36.8. The summed E-state index contributed by atoms with van der Waals surface area (Å²) in [5.41, 5.74) is 0. The van der Waals surface area contributed by atoms with Crippen LogP contribution in [0.15, 0.2) is 36.5 Å². The van der Waals surface area contributed by atoms with Gasteiger partial charge >= 0.3 is 0 Å². The number of amides is 1. The predicted molar refractivity (Wildman–Crippen MR) is 241 cm³/mol. The maximum absolute atomic E-state index is 12.5. The molecule has 55 heavy (non-hydrogen) atoms. The first-order valence-corrected chi connectivity index (χ1v) is 24.3. The van der Waals surface area contributed by atoms with Crippen molar-refractivity contribution in [1.82, 2.24) is 5.32 Å². The van der Waals surface area contributed by atoms with Crippen LogP contribution in [0.2, 0.25) is 0 Å². The van der Waals surface area contributed by atoms with Crippen molar-refractivity contribution < 1.29 is 20.1 Å². The van der Waals surface area contributed by atoms with E-state index in [0.29, 0.717) is 12.8 Å². The summed E-state index contributed by atoms with van der Waals surface area (Å²) in [7, 11) is 0. The quantitative estimate of drug-likeness (QED) is 0.0367. The minimum atomic E-state index is -1.16. The lowest BCUT2D eigenvalue weighted by molar-refractivity contribution is -0.124. The monoisotopic (exact) mass is 774 g/mol. The molecule has 3 atom stereocenters. The largest absolute Gasteiger partial charge is 0.394 e. The van der Waals surface area contributed by atoms with Crippen LogP contribution in [0.5, 0.6) is 0 Å². The third-order valence-electron chi connectivity index (χ3n) is 11.2. The fourth-order valence-corrected chi connectivity index (χ4v) is 7.50. The van der Waals surface area contributed by atoms with Crippen molar-refractivity contribution in [3.05, 3.63) is 36.5 Å². The molecule has 0 rings (SSSR count). The number of nitrogens with one attached hydrogen (secondary N) is 1. The average Bonchev–Trinajstić information content (AvgIpc) is 3.19. The molecule has 5 heteroatoms. The van der Waals surface area contributed by atoms with Gasteiger partial charge in [0, 0.05) is 6.42 Å². The van der Waals surface area contributed by atoms with Crippen molar-refractivity contribution in [2.24, 2.45) is 0 Å². The lowest BCUT2D eigenvalue weighted by atomic mass is 10.0. The maximum atomic E-state index is 12.5. The van der Waals surface area contributed by atoms with Crippen LogP contribution in [-0.2, 0) is 4.79 Å². The molecule has 324 valence electrons. The van der Waals surface area contributed by atoms with E-state index in [1.165, 1.54) is 173 Å². The van der Waals surface area contributed by atoms with Crippen LogP contribution >= 0.6 is 0 Å². The number of hydrogen-bond donors (Lipinski definition) is 4. The summed E-state index contributed by atoms with van der Waals surface area (Å²) in [6.07, 6.45) is 57.0. The molecule has 0 aromatic heterocycles. The van der Waals surface area contributed by atoms with E-state index in [1.807, 2.05) is 0 Å². The molecule has 0 heterocycles. The highest BCUT2D eigenvalue weighted by molar-refractivity contribution is 5.76. The highest BCUT2D eigenvalue weighted by Crippen LogP contribution is 2.16. The van der Waals surface area contributed by atoms with Crippen LogP contribution in [0.25, 0.3) is 0 Å². The number of carbonyl (C=O) groups is 1. The summed E-state index contributed by atoms with van der Waals surface area (Å²) in [4.78, 5) is 12.5. The fourth-order valence-electron chi connectivity index (χ4n) is 7.50. The summed E-state index contributed by atoms with van der Waals surface area (Å²) in [5.74, 6) is -0.153. The molecule has 0 aliphatic rings. The molecule has 0 bridgehead atoms. The summed E-state index contributed by atoms with van der Waals surface area (Å²) >= 11 is 0. The summed E-state index contributed by atoms with van der Waals surface area (Å²) < 4.78 is 0. The molecule has 0 saturated carbocycles. The van der Waals surface area contributed by atoms with Gasteiger partial charge < -0.3 is 20.6 Å². The molecule has 0 aliphatic carbocycles. The zero-order chi connectivity index (χ0) is 40.1. The van der Waals surface area contributed by atoms with Crippen molar-refractivity contribution in [2.45, 2.75) is 270 Å². The molecule has 1 amide bonds. The number of aliphatic hydroxyl groups excluding tert-OH is 3. The van der Waals surface area contributed by atoms with Gasteiger partial charge in [0.2, 0.25) is 5.91 Å². The molecule has 0 aromatic carbocycles. The van der Waals surface area contributed by atoms with E-state index in [4.69, 9.17) is 0 Å². The van der Waals surface area contributed by atoms with E-state index in [2.05, 4.69) is 55.6 Å². The van der Waals surface area contributed by atoms with Gasteiger partial charge in [-0.25, -0.2) is 0 Å². The number of rotatable bonds is 44. The van der Waals surface area contributed by atoms with E-state index in [1.54, 1.807) is 0 Å². The Morgan fingerprint density at radius 3 is 1.25 bits per heavy atom. The second-order valence-corrected chi connectivity index (χ2v) is 16.6. The Labute approximate surface area is 343 Å². The normalized spacial score (nSPS) is 13.8. The zero-order valence-electron chi connectivity index (χ0n) is 36.8. The van der Waals surface area contributed by atoms with E-state index >= 15 is 0 Å².